The van der Waals surface area contributed by atoms with Crippen molar-refractivity contribution in [1.29, 1.82) is 0 Å². The lowest BCUT2D eigenvalue weighted by Crippen LogP contribution is -2.26. The first-order valence-electron chi connectivity index (χ1n) is 8.38. The molecule has 1 aliphatic rings. The zero-order valence-corrected chi connectivity index (χ0v) is 16.9. The van der Waals surface area contributed by atoms with Gasteiger partial charge < -0.3 is 9.72 Å². The Morgan fingerprint density at radius 3 is 2.81 bits per heavy atom. The molecule has 0 saturated carbocycles. The third-order valence-electron chi connectivity index (χ3n) is 4.76. The number of hydrogen-bond acceptors (Lipinski definition) is 6. The first-order valence-corrected chi connectivity index (χ1v) is 10.7. The van der Waals surface area contributed by atoms with Crippen molar-refractivity contribution in [1.82, 2.24) is 9.97 Å². The molecule has 0 spiro atoms. The van der Waals surface area contributed by atoms with Gasteiger partial charge in [0.25, 0.3) is 10.0 Å². The fourth-order valence-electron chi connectivity index (χ4n) is 3.09. The number of aromatic amines is 1. The molecule has 7 nitrogen and oxygen atoms in total. The summed E-state index contributed by atoms with van der Waals surface area (Å²) in [7, 11) is -2.58. The van der Waals surface area contributed by atoms with Crippen LogP contribution in [0.3, 0.4) is 0 Å². The molecule has 1 atom stereocenters. The average Bonchev–Trinajstić information content (AvgIpc) is 3.18. The van der Waals surface area contributed by atoms with Crippen LogP contribution in [0.25, 0.3) is 0 Å². The predicted octanol–water partition coefficient (Wildman–Crippen LogP) is 3.21. The molecule has 0 amide bonds. The van der Waals surface area contributed by atoms with E-state index < -0.39 is 16.0 Å². The number of nitrogens with one attached hydrogen (secondary N) is 2. The second-order valence-electron chi connectivity index (χ2n) is 7.54. The van der Waals surface area contributed by atoms with Crippen LogP contribution in [-0.4, -0.2) is 31.5 Å². The van der Waals surface area contributed by atoms with Gasteiger partial charge in [0.05, 0.1) is 12.8 Å². The van der Waals surface area contributed by atoms with Crippen LogP contribution in [0.2, 0.25) is 0 Å². The van der Waals surface area contributed by atoms with Crippen LogP contribution in [0.15, 0.2) is 17.2 Å². The van der Waals surface area contributed by atoms with Gasteiger partial charge in [-0.1, -0.05) is 20.8 Å². The van der Waals surface area contributed by atoms with Gasteiger partial charge in [-0.05, 0) is 36.7 Å². The second-order valence-corrected chi connectivity index (χ2v) is 10.3. The molecule has 9 heteroatoms. The Morgan fingerprint density at radius 2 is 2.15 bits per heavy atom. The normalized spacial score (nSPS) is 17.6. The number of rotatable bonds is 4. The monoisotopic (exact) mass is 397 g/mol. The number of H-pyrrole nitrogens is 1. The molecule has 0 aromatic carbocycles. The van der Waals surface area contributed by atoms with Crippen LogP contribution in [0.1, 0.15) is 48.3 Å². The van der Waals surface area contributed by atoms with Gasteiger partial charge in [0, 0.05) is 11.1 Å². The fourth-order valence-corrected chi connectivity index (χ4v) is 5.40. The van der Waals surface area contributed by atoms with Gasteiger partial charge in [0.2, 0.25) is 0 Å². The minimum atomic E-state index is -3.82. The minimum absolute atomic E-state index is 0.0290. The van der Waals surface area contributed by atoms with E-state index in [-0.39, 0.29) is 16.0 Å². The van der Waals surface area contributed by atoms with E-state index in [0.29, 0.717) is 11.0 Å². The van der Waals surface area contributed by atoms with E-state index >= 15 is 0 Å². The molecule has 1 unspecified atom stereocenters. The largest absolute Gasteiger partial charge is 0.464 e. The molecule has 0 radical (unpaired) electrons. The van der Waals surface area contributed by atoms with Crippen molar-refractivity contribution in [3.05, 3.63) is 28.5 Å². The zero-order chi connectivity index (χ0) is 19.1. The molecule has 0 aliphatic heterocycles. The van der Waals surface area contributed by atoms with E-state index in [9.17, 15) is 13.2 Å². The zero-order valence-electron chi connectivity index (χ0n) is 15.3. The van der Waals surface area contributed by atoms with Crippen molar-refractivity contribution in [3.8, 4) is 0 Å². The van der Waals surface area contributed by atoms with Gasteiger partial charge in [-0.25, -0.2) is 18.2 Å². The van der Waals surface area contributed by atoms with E-state index in [1.165, 1.54) is 30.7 Å². The first kappa shape index (κ1) is 18.9. The number of anilines is 1. The fraction of sp³-hybridized carbons (Fsp3) is 0.529. The van der Waals surface area contributed by atoms with Gasteiger partial charge in [0.15, 0.2) is 5.13 Å². The van der Waals surface area contributed by atoms with Crippen LogP contribution in [-0.2, 0) is 27.6 Å². The van der Waals surface area contributed by atoms with Crippen LogP contribution < -0.4 is 4.72 Å². The highest BCUT2D eigenvalue weighted by Crippen LogP contribution is 2.40. The molecule has 1 aliphatic carbocycles. The molecule has 2 heterocycles. The first-order chi connectivity index (χ1) is 12.1. The van der Waals surface area contributed by atoms with Crippen molar-refractivity contribution in [2.45, 2.75) is 44.9 Å². The average molecular weight is 398 g/mol. The molecule has 142 valence electrons. The highest BCUT2D eigenvalue weighted by atomic mass is 32.2. The maximum Gasteiger partial charge on any atom is 0.354 e. The third-order valence-corrected chi connectivity index (χ3v) is 7.24. The number of carbonyl (C=O) groups is 1. The lowest BCUT2D eigenvalue weighted by Gasteiger charge is -2.33. The van der Waals surface area contributed by atoms with E-state index in [0.717, 1.165) is 29.8 Å². The molecule has 0 bridgehead atoms. The summed E-state index contributed by atoms with van der Waals surface area (Å²) in [5, 5.41) is 0.366. The number of fused-ring (bicyclic) bond motifs is 1. The number of methoxy groups -OCH3 is 1. The SMILES string of the molecule is COC(=O)c1cc(S(=O)(=O)Nc2nc3c(s2)CC(C(C)(C)C)CC3)c[nH]1. The molecule has 26 heavy (non-hydrogen) atoms. The minimum Gasteiger partial charge on any atom is -0.464 e. The van der Waals surface area contributed by atoms with Crippen LogP contribution in [0.4, 0.5) is 5.13 Å². The van der Waals surface area contributed by atoms with Crippen molar-refractivity contribution < 1.29 is 17.9 Å². The number of aryl methyl sites for hydroxylation is 1. The summed E-state index contributed by atoms with van der Waals surface area (Å²) >= 11 is 1.39. The molecule has 3 rings (SSSR count). The topological polar surface area (TPSA) is 101 Å². The molecule has 2 aromatic heterocycles. The lowest BCUT2D eigenvalue weighted by atomic mass is 9.73. The summed E-state index contributed by atoms with van der Waals surface area (Å²) in [6.07, 6.45) is 4.12. The summed E-state index contributed by atoms with van der Waals surface area (Å²) in [4.78, 5) is 19.7. The van der Waals surface area contributed by atoms with Crippen molar-refractivity contribution in [2.75, 3.05) is 11.8 Å². The summed E-state index contributed by atoms with van der Waals surface area (Å²) in [6, 6.07) is 1.25. The van der Waals surface area contributed by atoms with E-state index in [1.54, 1.807) is 0 Å². The van der Waals surface area contributed by atoms with Crippen LogP contribution in [0, 0.1) is 11.3 Å². The molecule has 0 fully saturated rings. The molecular weight excluding hydrogens is 374 g/mol. The predicted molar refractivity (Wildman–Crippen MR) is 100 cm³/mol. The Bertz CT molecular complexity index is 922. The number of aromatic nitrogens is 2. The number of carbonyl (C=O) groups excluding carboxylic acids is 1. The number of ether oxygens (including phenoxy) is 1. The second kappa shape index (κ2) is 6.70. The highest BCUT2D eigenvalue weighted by molar-refractivity contribution is 7.93. The maximum atomic E-state index is 12.5. The summed E-state index contributed by atoms with van der Waals surface area (Å²) < 4.78 is 32.2. The van der Waals surface area contributed by atoms with Gasteiger partial charge in [-0.3, -0.25) is 4.72 Å². The quantitative estimate of drug-likeness (QED) is 0.772. The van der Waals surface area contributed by atoms with Gasteiger partial charge in [-0.2, -0.15) is 0 Å². The maximum absolute atomic E-state index is 12.5. The van der Waals surface area contributed by atoms with E-state index in [1.807, 2.05) is 0 Å². The third kappa shape index (κ3) is 3.78. The number of nitrogens with zero attached hydrogens (tertiary/aromatic N) is 1. The molecule has 2 N–H and O–H groups in total. The molecule has 2 aromatic rings. The number of esters is 1. The Balaban J connectivity index is 1.78. The smallest absolute Gasteiger partial charge is 0.354 e. The van der Waals surface area contributed by atoms with Gasteiger partial charge >= 0.3 is 5.97 Å². The van der Waals surface area contributed by atoms with Crippen LogP contribution in [0.5, 0.6) is 0 Å². The lowest BCUT2D eigenvalue weighted by molar-refractivity contribution is 0.0594. The number of thiazole rings is 1. The highest BCUT2D eigenvalue weighted by Gasteiger charge is 2.31. The summed E-state index contributed by atoms with van der Waals surface area (Å²) in [5.41, 5.74) is 1.29. The van der Waals surface area contributed by atoms with E-state index in [2.05, 4.69) is 40.2 Å². The Labute approximate surface area is 157 Å². The van der Waals surface area contributed by atoms with Gasteiger partial charge in [0.1, 0.15) is 10.6 Å². The van der Waals surface area contributed by atoms with Crippen molar-refractivity contribution in [2.24, 2.45) is 11.3 Å². The Morgan fingerprint density at radius 1 is 1.42 bits per heavy atom. The van der Waals surface area contributed by atoms with Crippen molar-refractivity contribution >= 4 is 32.5 Å². The van der Waals surface area contributed by atoms with Crippen molar-refractivity contribution in [3.63, 3.8) is 0 Å². The summed E-state index contributed by atoms with van der Waals surface area (Å²) in [5.74, 6) is -0.0587. The number of hydrogen-bond donors (Lipinski definition) is 2. The van der Waals surface area contributed by atoms with E-state index in [4.69, 9.17) is 0 Å². The standard InChI is InChI=1S/C17H23N3O4S2/c1-17(2,3)10-5-6-12-14(7-10)25-16(19-12)20-26(22,23)11-8-13(18-9-11)15(21)24-4/h8-10,18H,5-7H2,1-4H3,(H,19,20). The van der Waals surface area contributed by atoms with Crippen LogP contribution >= 0.6 is 11.3 Å². The summed E-state index contributed by atoms with van der Waals surface area (Å²) in [6.45, 7) is 6.70. The number of sulfonamides is 1. The Hall–Kier alpha value is -1.87. The molecular formula is C17H23N3O4S2. The van der Waals surface area contributed by atoms with Gasteiger partial charge in [-0.15, -0.1) is 11.3 Å². The molecule has 0 saturated heterocycles. The Kier molecular flexibility index (Phi) is 4.87.